The van der Waals surface area contributed by atoms with E-state index in [0.717, 1.165) is 0 Å². The number of carboxylic acids is 1. The lowest BCUT2D eigenvalue weighted by Gasteiger charge is -2.10. The molecule has 0 radical (unpaired) electrons. The lowest BCUT2D eigenvalue weighted by atomic mass is 10.1. The molecule has 2 unspecified atom stereocenters. The van der Waals surface area contributed by atoms with Crippen LogP contribution in [-0.2, 0) is 4.79 Å². The third kappa shape index (κ3) is 4.71. The highest BCUT2D eigenvalue weighted by Gasteiger charge is 2.14. The van der Waals surface area contributed by atoms with Crippen molar-refractivity contribution in [2.75, 3.05) is 0 Å². The smallest absolute Gasteiger partial charge is 0.305 e. The Morgan fingerprint density at radius 3 is 2.62 bits per heavy atom. The number of rotatable bonds is 7. The van der Waals surface area contributed by atoms with Crippen molar-refractivity contribution < 1.29 is 24.5 Å². The molecule has 1 aromatic heterocycles. The van der Waals surface area contributed by atoms with Crippen molar-refractivity contribution in [1.82, 2.24) is 15.0 Å². The maximum atomic E-state index is 13.0. The van der Waals surface area contributed by atoms with Crippen molar-refractivity contribution >= 4 is 12.0 Å². The van der Waals surface area contributed by atoms with Crippen molar-refractivity contribution in [1.29, 1.82) is 0 Å². The lowest BCUT2D eigenvalue weighted by molar-refractivity contribution is -0.139. The number of hydrogen-bond donors (Lipinski definition) is 3. The first-order chi connectivity index (χ1) is 11.4. The first-order valence-electron chi connectivity index (χ1n) is 7.31. The first-order valence-corrected chi connectivity index (χ1v) is 7.31. The van der Waals surface area contributed by atoms with Gasteiger partial charge in [0.2, 0.25) is 0 Å². The molecule has 3 N–H and O–H groups in total. The van der Waals surface area contributed by atoms with Gasteiger partial charge >= 0.3 is 5.97 Å². The second kappa shape index (κ2) is 7.80. The predicted octanol–water partition coefficient (Wildman–Crippen LogP) is 1.31. The molecule has 0 fully saturated rings. The summed E-state index contributed by atoms with van der Waals surface area (Å²) in [6, 6.07) is 5.70. The van der Waals surface area contributed by atoms with E-state index < -0.39 is 24.6 Å². The highest BCUT2D eigenvalue weighted by molar-refractivity contribution is 5.67. The fourth-order valence-electron chi connectivity index (χ4n) is 2.17. The number of aliphatic carboxylic acids is 1. The summed E-state index contributed by atoms with van der Waals surface area (Å²) < 4.78 is 14.5. The fourth-order valence-corrected chi connectivity index (χ4v) is 2.17. The molecule has 0 saturated heterocycles. The number of carbonyl (C=O) groups is 1. The molecule has 7 nitrogen and oxygen atoms in total. The highest BCUT2D eigenvalue weighted by Crippen LogP contribution is 2.15. The Morgan fingerprint density at radius 1 is 1.33 bits per heavy atom. The van der Waals surface area contributed by atoms with Crippen molar-refractivity contribution in [3.63, 3.8) is 0 Å². The molecule has 8 heteroatoms. The molecule has 0 aliphatic heterocycles. The van der Waals surface area contributed by atoms with Gasteiger partial charge in [0.25, 0.3) is 0 Å². The van der Waals surface area contributed by atoms with Gasteiger partial charge in [0.15, 0.2) is 0 Å². The molecule has 2 aromatic rings. The van der Waals surface area contributed by atoms with Gasteiger partial charge in [0.05, 0.1) is 35.7 Å². The van der Waals surface area contributed by atoms with Crippen LogP contribution in [-0.4, -0.2) is 48.5 Å². The van der Waals surface area contributed by atoms with Crippen LogP contribution in [0.5, 0.6) is 0 Å². The van der Waals surface area contributed by atoms with Crippen LogP contribution in [0.15, 0.2) is 30.3 Å². The largest absolute Gasteiger partial charge is 0.481 e. The monoisotopic (exact) mass is 335 g/mol. The molecule has 1 aromatic carbocycles. The molecular formula is C16H18FN3O4. The minimum atomic E-state index is -1.14. The third-order valence-corrected chi connectivity index (χ3v) is 3.35. The van der Waals surface area contributed by atoms with Gasteiger partial charge in [0.1, 0.15) is 5.82 Å². The molecule has 0 aliphatic carbocycles. The van der Waals surface area contributed by atoms with Crippen LogP contribution in [0.25, 0.3) is 11.8 Å². The van der Waals surface area contributed by atoms with Gasteiger partial charge in [-0.1, -0.05) is 11.3 Å². The minimum Gasteiger partial charge on any atom is -0.481 e. The standard InChI is InChI=1S/C16H18FN3O4/c1-10-15(7-6-13(21)8-14(22)9-16(23)24)20(19-18-10)12-4-2-11(17)3-5-12/h2-7,13-14,21-22H,8-9H2,1H3,(H,23,24)/b7-6+. The summed E-state index contributed by atoms with van der Waals surface area (Å²) in [7, 11) is 0. The zero-order valence-electron chi connectivity index (χ0n) is 13.0. The Kier molecular flexibility index (Phi) is 5.78. The highest BCUT2D eigenvalue weighted by atomic mass is 19.1. The summed E-state index contributed by atoms with van der Waals surface area (Å²) in [6.07, 6.45) is 0.325. The van der Waals surface area contributed by atoms with Gasteiger partial charge in [-0.3, -0.25) is 4.79 Å². The summed E-state index contributed by atoms with van der Waals surface area (Å²) in [6.45, 7) is 1.73. The summed E-state index contributed by atoms with van der Waals surface area (Å²) in [4.78, 5) is 10.5. The fraction of sp³-hybridized carbons (Fsp3) is 0.312. The van der Waals surface area contributed by atoms with Crippen molar-refractivity contribution in [2.45, 2.75) is 32.0 Å². The number of nitrogens with zero attached hydrogens (tertiary/aromatic N) is 3. The van der Waals surface area contributed by atoms with E-state index in [1.165, 1.54) is 22.9 Å². The van der Waals surface area contributed by atoms with Crippen molar-refractivity contribution in [3.05, 3.63) is 47.5 Å². The lowest BCUT2D eigenvalue weighted by Crippen LogP contribution is -2.19. The maximum absolute atomic E-state index is 13.0. The zero-order chi connectivity index (χ0) is 17.7. The molecule has 24 heavy (non-hydrogen) atoms. The van der Waals surface area contributed by atoms with E-state index >= 15 is 0 Å². The summed E-state index contributed by atoms with van der Waals surface area (Å²) in [5.41, 5.74) is 1.80. The topological polar surface area (TPSA) is 108 Å². The summed E-state index contributed by atoms with van der Waals surface area (Å²) in [5.74, 6) is -1.50. The summed E-state index contributed by atoms with van der Waals surface area (Å²) >= 11 is 0. The Balaban J connectivity index is 2.13. The Hall–Kier alpha value is -2.58. The van der Waals surface area contributed by atoms with E-state index in [0.29, 0.717) is 17.1 Å². The van der Waals surface area contributed by atoms with E-state index in [2.05, 4.69) is 10.3 Å². The Morgan fingerprint density at radius 2 is 2.00 bits per heavy atom. The maximum Gasteiger partial charge on any atom is 0.305 e. The third-order valence-electron chi connectivity index (χ3n) is 3.35. The van der Waals surface area contributed by atoms with Gasteiger partial charge < -0.3 is 15.3 Å². The summed E-state index contributed by atoms with van der Waals surface area (Å²) in [5, 5.41) is 35.9. The molecule has 128 valence electrons. The van der Waals surface area contributed by atoms with Gasteiger partial charge in [-0.05, 0) is 37.3 Å². The second-order valence-electron chi connectivity index (χ2n) is 5.36. The van der Waals surface area contributed by atoms with Crippen LogP contribution in [0.2, 0.25) is 0 Å². The van der Waals surface area contributed by atoms with E-state index in [1.54, 1.807) is 25.1 Å². The van der Waals surface area contributed by atoms with Gasteiger partial charge in [-0.2, -0.15) is 0 Å². The number of aryl methyl sites for hydroxylation is 1. The van der Waals surface area contributed by atoms with Crippen LogP contribution in [0.3, 0.4) is 0 Å². The van der Waals surface area contributed by atoms with Crippen molar-refractivity contribution in [3.8, 4) is 5.69 Å². The van der Waals surface area contributed by atoms with Crippen LogP contribution >= 0.6 is 0 Å². The normalized spacial score (nSPS) is 14.0. The number of benzene rings is 1. The zero-order valence-corrected chi connectivity index (χ0v) is 13.0. The number of carboxylic acid groups (broad SMARTS) is 1. The van der Waals surface area contributed by atoms with Gasteiger partial charge in [-0.25, -0.2) is 9.07 Å². The number of hydrogen-bond acceptors (Lipinski definition) is 5. The number of halogens is 1. The van der Waals surface area contributed by atoms with Crippen molar-refractivity contribution in [2.24, 2.45) is 0 Å². The molecule has 0 aliphatic rings. The quantitative estimate of drug-likeness (QED) is 0.704. The number of aliphatic hydroxyl groups excluding tert-OH is 2. The molecule has 0 spiro atoms. The van der Waals surface area contributed by atoms with Crippen LogP contribution in [0.1, 0.15) is 24.2 Å². The molecule has 0 bridgehead atoms. The predicted molar refractivity (Wildman–Crippen MR) is 84.0 cm³/mol. The molecule has 2 rings (SSSR count). The minimum absolute atomic E-state index is 0.0973. The van der Waals surface area contributed by atoms with E-state index in [1.807, 2.05) is 0 Å². The van der Waals surface area contributed by atoms with E-state index in [9.17, 15) is 19.4 Å². The average molecular weight is 335 g/mol. The van der Waals surface area contributed by atoms with E-state index in [4.69, 9.17) is 5.11 Å². The van der Waals surface area contributed by atoms with Gasteiger partial charge in [0, 0.05) is 6.42 Å². The molecule has 0 amide bonds. The second-order valence-corrected chi connectivity index (χ2v) is 5.36. The van der Waals surface area contributed by atoms with Crippen LogP contribution in [0, 0.1) is 12.7 Å². The Bertz CT molecular complexity index is 727. The molecule has 0 saturated carbocycles. The molecular weight excluding hydrogens is 317 g/mol. The first kappa shape index (κ1) is 17.8. The average Bonchev–Trinajstić information content (AvgIpc) is 2.86. The Labute approximate surface area is 137 Å². The van der Waals surface area contributed by atoms with Crippen LogP contribution in [0.4, 0.5) is 4.39 Å². The number of aromatic nitrogens is 3. The molecule has 1 heterocycles. The molecule has 2 atom stereocenters. The SMILES string of the molecule is Cc1nnn(-c2ccc(F)cc2)c1/C=C/C(O)CC(O)CC(=O)O. The van der Waals surface area contributed by atoms with E-state index in [-0.39, 0.29) is 12.2 Å². The van der Waals surface area contributed by atoms with Gasteiger partial charge in [-0.15, -0.1) is 5.10 Å². The number of aliphatic hydroxyl groups is 2. The van der Waals surface area contributed by atoms with Crippen LogP contribution < -0.4 is 0 Å².